The highest BCUT2D eigenvalue weighted by Gasteiger charge is 2.26. The van der Waals surface area contributed by atoms with Crippen molar-refractivity contribution in [1.82, 2.24) is 9.88 Å². The molecule has 3 rings (SSSR count). The molecular formula is C16H19N3OS. The molecule has 1 unspecified atom stereocenters. The van der Waals surface area contributed by atoms with Crippen LogP contribution in [0.2, 0.25) is 0 Å². The lowest BCUT2D eigenvalue weighted by molar-refractivity contribution is -0.131. The zero-order chi connectivity index (χ0) is 14.8. The number of anilines is 1. The minimum absolute atomic E-state index is 0.0991. The van der Waals surface area contributed by atoms with Crippen LogP contribution in [0, 0.1) is 0 Å². The molecule has 1 aromatic carbocycles. The molecule has 2 aromatic rings. The zero-order valence-electron chi connectivity index (χ0n) is 12.1. The van der Waals surface area contributed by atoms with Crippen LogP contribution in [0.5, 0.6) is 0 Å². The number of nitrogens with two attached hydrogens (primary N) is 1. The van der Waals surface area contributed by atoms with Crippen molar-refractivity contribution in [3.05, 3.63) is 46.5 Å². The van der Waals surface area contributed by atoms with Crippen LogP contribution in [0.15, 0.2) is 29.6 Å². The van der Waals surface area contributed by atoms with Crippen molar-refractivity contribution < 1.29 is 4.79 Å². The van der Waals surface area contributed by atoms with Crippen molar-refractivity contribution in [3.8, 4) is 0 Å². The molecule has 0 aliphatic heterocycles. The Labute approximate surface area is 128 Å². The SMILES string of the molecule is CN(C(=O)Cc1csc(N)n1)C1CCCc2ccccc21. The average molecular weight is 301 g/mol. The number of amides is 1. The van der Waals surface area contributed by atoms with Gasteiger partial charge in [0.2, 0.25) is 5.91 Å². The maximum atomic E-state index is 12.5. The molecular weight excluding hydrogens is 282 g/mol. The van der Waals surface area contributed by atoms with Gasteiger partial charge in [0.05, 0.1) is 18.2 Å². The summed E-state index contributed by atoms with van der Waals surface area (Å²) in [6.45, 7) is 0. The Balaban J connectivity index is 1.76. The van der Waals surface area contributed by atoms with E-state index in [-0.39, 0.29) is 11.9 Å². The van der Waals surface area contributed by atoms with Gasteiger partial charge in [-0.05, 0) is 30.4 Å². The van der Waals surface area contributed by atoms with E-state index < -0.39 is 0 Å². The summed E-state index contributed by atoms with van der Waals surface area (Å²) in [6, 6.07) is 8.61. The Kier molecular flexibility index (Phi) is 3.92. The van der Waals surface area contributed by atoms with Gasteiger partial charge >= 0.3 is 0 Å². The number of hydrogen-bond donors (Lipinski definition) is 1. The predicted octanol–water partition coefficient (Wildman–Crippen LogP) is 2.80. The lowest BCUT2D eigenvalue weighted by Gasteiger charge is -2.33. The van der Waals surface area contributed by atoms with E-state index in [1.165, 1.54) is 22.5 Å². The highest BCUT2D eigenvalue weighted by molar-refractivity contribution is 7.13. The molecule has 1 aliphatic carbocycles. The first-order valence-corrected chi connectivity index (χ1v) is 8.06. The first kappa shape index (κ1) is 14.1. The third-order valence-electron chi connectivity index (χ3n) is 4.10. The number of aryl methyl sites for hydroxylation is 1. The van der Waals surface area contributed by atoms with E-state index in [9.17, 15) is 4.79 Å². The highest BCUT2D eigenvalue weighted by atomic mass is 32.1. The Morgan fingerprint density at radius 2 is 2.29 bits per heavy atom. The average Bonchev–Trinajstić information content (AvgIpc) is 2.91. The summed E-state index contributed by atoms with van der Waals surface area (Å²) in [5.74, 6) is 0.0991. The molecule has 5 heteroatoms. The summed E-state index contributed by atoms with van der Waals surface area (Å²) >= 11 is 1.38. The van der Waals surface area contributed by atoms with Crippen LogP contribution < -0.4 is 5.73 Å². The molecule has 2 N–H and O–H groups in total. The lowest BCUT2D eigenvalue weighted by atomic mass is 9.87. The number of carbonyl (C=O) groups excluding carboxylic acids is 1. The van der Waals surface area contributed by atoms with Crippen LogP contribution in [-0.4, -0.2) is 22.8 Å². The van der Waals surface area contributed by atoms with Gasteiger partial charge in [-0.2, -0.15) is 0 Å². The summed E-state index contributed by atoms with van der Waals surface area (Å²) in [4.78, 5) is 18.5. The minimum Gasteiger partial charge on any atom is -0.375 e. The number of fused-ring (bicyclic) bond motifs is 1. The number of nitrogens with zero attached hydrogens (tertiary/aromatic N) is 2. The third-order valence-corrected chi connectivity index (χ3v) is 4.82. The van der Waals surface area contributed by atoms with Crippen molar-refractivity contribution >= 4 is 22.4 Å². The first-order valence-electron chi connectivity index (χ1n) is 7.18. The topological polar surface area (TPSA) is 59.2 Å². The van der Waals surface area contributed by atoms with Gasteiger partial charge in [0, 0.05) is 12.4 Å². The van der Waals surface area contributed by atoms with Crippen LogP contribution in [-0.2, 0) is 17.6 Å². The van der Waals surface area contributed by atoms with Crippen molar-refractivity contribution in [2.24, 2.45) is 0 Å². The van der Waals surface area contributed by atoms with Gasteiger partial charge in [-0.15, -0.1) is 11.3 Å². The van der Waals surface area contributed by atoms with Gasteiger partial charge in [0.1, 0.15) is 0 Å². The van der Waals surface area contributed by atoms with E-state index in [0.717, 1.165) is 25.0 Å². The fraction of sp³-hybridized carbons (Fsp3) is 0.375. The van der Waals surface area contributed by atoms with Crippen LogP contribution >= 0.6 is 11.3 Å². The van der Waals surface area contributed by atoms with Gasteiger partial charge < -0.3 is 10.6 Å². The lowest BCUT2D eigenvalue weighted by Crippen LogP contribution is -2.34. The molecule has 21 heavy (non-hydrogen) atoms. The van der Waals surface area contributed by atoms with Crippen LogP contribution in [0.25, 0.3) is 0 Å². The number of likely N-dealkylation sites (N-methyl/N-ethyl adjacent to an activating group) is 1. The van der Waals surface area contributed by atoms with Crippen LogP contribution in [0.4, 0.5) is 5.13 Å². The normalized spacial score (nSPS) is 17.3. The van der Waals surface area contributed by atoms with Gasteiger partial charge in [0.25, 0.3) is 0 Å². The molecule has 0 bridgehead atoms. The number of nitrogen functional groups attached to an aromatic ring is 1. The Hall–Kier alpha value is -1.88. The standard InChI is InChI=1S/C16H19N3OS/c1-19(15(20)9-12-10-21-16(17)18-12)14-8-4-6-11-5-2-3-7-13(11)14/h2-3,5,7,10,14H,4,6,8-9H2,1H3,(H2,17,18). The van der Waals surface area contributed by atoms with Gasteiger partial charge in [0.15, 0.2) is 5.13 Å². The third kappa shape index (κ3) is 2.93. The molecule has 1 aliphatic rings. The molecule has 0 radical (unpaired) electrons. The zero-order valence-corrected chi connectivity index (χ0v) is 12.9. The molecule has 1 atom stereocenters. The summed E-state index contributed by atoms with van der Waals surface area (Å²) in [5.41, 5.74) is 9.04. The van der Waals surface area contributed by atoms with Crippen LogP contribution in [0.3, 0.4) is 0 Å². The van der Waals surface area contributed by atoms with Crippen molar-refractivity contribution in [2.75, 3.05) is 12.8 Å². The molecule has 4 nitrogen and oxygen atoms in total. The van der Waals surface area contributed by atoms with Gasteiger partial charge in [-0.25, -0.2) is 4.98 Å². The number of benzene rings is 1. The minimum atomic E-state index is 0.0991. The second-order valence-corrected chi connectivity index (χ2v) is 6.36. The molecule has 110 valence electrons. The van der Waals surface area contributed by atoms with Crippen molar-refractivity contribution in [1.29, 1.82) is 0 Å². The molecule has 1 aromatic heterocycles. The van der Waals surface area contributed by atoms with E-state index in [2.05, 4.69) is 29.2 Å². The Morgan fingerprint density at radius 3 is 3.05 bits per heavy atom. The second-order valence-electron chi connectivity index (χ2n) is 5.47. The summed E-state index contributed by atoms with van der Waals surface area (Å²) in [6.07, 6.45) is 3.58. The molecule has 0 saturated carbocycles. The summed E-state index contributed by atoms with van der Waals surface area (Å²) < 4.78 is 0. The number of hydrogen-bond acceptors (Lipinski definition) is 4. The second kappa shape index (κ2) is 5.85. The Bertz CT molecular complexity index is 652. The smallest absolute Gasteiger partial charge is 0.228 e. The monoisotopic (exact) mass is 301 g/mol. The van der Waals surface area contributed by atoms with Gasteiger partial charge in [-0.3, -0.25) is 4.79 Å². The highest BCUT2D eigenvalue weighted by Crippen LogP contribution is 2.33. The fourth-order valence-electron chi connectivity index (χ4n) is 2.99. The maximum absolute atomic E-state index is 12.5. The largest absolute Gasteiger partial charge is 0.375 e. The molecule has 0 saturated heterocycles. The molecule has 1 amide bonds. The molecule has 1 heterocycles. The maximum Gasteiger partial charge on any atom is 0.228 e. The van der Waals surface area contributed by atoms with Gasteiger partial charge in [-0.1, -0.05) is 24.3 Å². The van der Waals surface area contributed by atoms with E-state index in [1.807, 2.05) is 17.3 Å². The first-order chi connectivity index (χ1) is 10.1. The summed E-state index contributed by atoms with van der Waals surface area (Å²) in [7, 11) is 1.89. The number of carbonyl (C=O) groups is 1. The van der Waals surface area contributed by atoms with E-state index in [0.29, 0.717) is 11.6 Å². The Morgan fingerprint density at radius 1 is 1.48 bits per heavy atom. The van der Waals surface area contributed by atoms with E-state index >= 15 is 0 Å². The van der Waals surface area contributed by atoms with Crippen LogP contribution in [0.1, 0.15) is 35.7 Å². The predicted molar refractivity (Wildman–Crippen MR) is 85.1 cm³/mol. The van der Waals surface area contributed by atoms with E-state index in [1.54, 1.807) is 0 Å². The quantitative estimate of drug-likeness (QED) is 0.948. The molecule has 0 spiro atoms. The van der Waals surface area contributed by atoms with Crippen molar-refractivity contribution in [2.45, 2.75) is 31.7 Å². The van der Waals surface area contributed by atoms with E-state index in [4.69, 9.17) is 5.73 Å². The number of aromatic nitrogens is 1. The van der Waals surface area contributed by atoms with Crippen molar-refractivity contribution in [3.63, 3.8) is 0 Å². The molecule has 0 fully saturated rings. The summed E-state index contributed by atoms with van der Waals surface area (Å²) in [5, 5.41) is 2.37. The fourth-order valence-corrected chi connectivity index (χ4v) is 3.55. The number of thiazole rings is 1. The number of rotatable bonds is 3.